The fourth-order valence-electron chi connectivity index (χ4n) is 10.5. The summed E-state index contributed by atoms with van der Waals surface area (Å²) in [6.45, 7) is 4.80. The lowest BCUT2D eigenvalue weighted by Crippen LogP contribution is -2.27. The standard InChI is InChI=1S/C61H46N2/c1-61(2)56-39-49(33-35-52(56)53-36-34-50(40-57(53)61)63-59-25-12-9-22-54(59)55-23-10-13-26-60(55)63)62(48-31-29-43(30-32-48)46-28-27-42-17-6-7-18-44(42)37-46)58-24-11-8-21-51(58)47-20-14-19-45(38-47)41-15-4-3-5-16-41/h3-27,29-40,46H,28H2,1-2H3. The maximum absolute atomic E-state index is 2.48. The first kappa shape index (κ1) is 37.1. The summed E-state index contributed by atoms with van der Waals surface area (Å²) in [6, 6.07) is 78.4. The highest BCUT2D eigenvalue weighted by Gasteiger charge is 2.37. The number of aromatic nitrogens is 1. The normalized spacial score (nSPS) is 14.7. The van der Waals surface area contributed by atoms with Crippen molar-refractivity contribution >= 4 is 51.0 Å². The van der Waals surface area contributed by atoms with E-state index in [0.717, 1.165) is 23.5 Å². The number of fused-ring (bicyclic) bond motifs is 7. The van der Waals surface area contributed by atoms with Gasteiger partial charge in [0, 0.05) is 44.7 Å². The summed E-state index contributed by atoms with van der Waals surface area (Å²) in [5.74, 6) is 0.335. The van der Waals surface area contributed by atoms with Crippen LogP contribution in [0.4, 0.5) is 17.1 Å². The van der Waals surface area contributed by atoms with E-state index in [1.165, 1.54) is 88.0 Å². The molecule has 300 valence electrons. The molecule has 1 heterocycles. The average molecular weight is 807 g/mol. The molecule has 1 unspecified atom stereocenters. The molecule has 0 saturated heterocycles. The highest BCUT2D eigenvalue weighted by Crippen LogP contribution is 2.52. The SMILES string of the molecule is CC1(C)c2cc(N(c3ccc(C4C=c5ccccc5=CC4)cc3)c3ccccc3-c3cccc(-c4ccccc4)c3)ccc2-c2ccc(-n3c4ccccc4c4ccccc43)cc21. The highest BCUT2D eigenvalue weighted by atomic mass is 15.1. The topological polar surface area (TPSA) is 8.17 Å². The summed E-state index contributed by atoms with van der Waals surface area (Å²) < 4.78 is 2.44. The summed E-state index contributed by atoms with van der Waals surface area (Å²) in [5.41, 5.74) is 18.3. The van der Waals surface area contributed by atoms with Gasteiger partial charge in [0.25, 0.3) is 0 Å². The van der Waals surface area contributed by atoms with Crippen molar-refractivity contribution in [2.75, 3.05) is 4.90 Å². The molecule has 10 aromatic rings. The van der Waals surface area contributed by atoms with Gasteiger partial charge in [0.05, 0.1) is 16.7 Å². The van der Waals surface area contributed by atoms with Crippen LogP contribution in [0.5, 0.6) is 0 Å². The maximum Gasteiger partial charge on any atom is 0.0541 e. The van der Waals surface area contributed by atoms with Crippen LogP contribution in [-0.4, -0.2) is 4.57 Å². The zero-order valence-electron chi connectivity index (χ0n) is 35.5. The minimum atomic E-state index is -0.238. The van der Waals surface area contributed by atoms with Crippen molar-refractivity contribution < 1.29 is 0 Å². The Hall–Kier alpha value is -7.68. The molecule has 0 amide bonds. The van der Waals surface area contributed by atoms with E-state index in [2.05, 4.69) is 248 Å². The van der Waals surface area contributed by atoms with Gasteiger partial charge in [-0.2, -0.15) is 0 Å². The van der Waals surface area contributed by atoms with Crippen LogP contribution in [-0.2, 0) is 5.41 Å². The largest absolute Gasteiger partial charge is 0.310 e. The Bertz CT molecular complexity index is 3460. The van der Waals surface area contributed by atoms with Gasteiger partial charge in [-0.15, -0.1) is 0 Å². The van der Waals surface area contributed by atoms with Gasteiger partial charge in [-0.3, -0.25) is 0 Å². The Morgan fingerprint density at radius 3 is 1.84 bits per heavy atom. The van der Waals surface area contributed by atoms with Crippen molar-refractivity contribution in [3.8, 4) is 39.1 Å². The van der Waals surface area contributed by atoms with E-state index >= 15 is 0 Å². The second kappa shape index (κ2) is 14.8. The first-order chi connectivity index (χ1) is 31.0. The highest BCUT2D eigenvalue weighted by molar-refractivity contribution is 6.09. The van der Waals surface area contributed by atoms with Crippen LogP contribution >= 0.6 is 0 Å². The van der Waals surface area contributed by atoms with Gasteiger partial charge in [-0.25, -0.2) is 0 Å². The van der Waals surface area contributed by atoms with E-state index in [-0.39, 0.29) is 5.41 Å². The molecule has 1 aromatic heterocycles. The first-order valence-electron chi connectivity index (χ1n) is 22.2. The van der Waals surface area contributed by atoms with Gasteiger partial charge < -0.3 is 9.47 Å². The number of benzene rings is 9. The summed E-state index contributed by atoms with van der Waals surface area (Å²) >= 11 is 0. The van der Waals surface area contributed by atoms with Crippen molar-refractivity contribution in [3.63, 3.8) is 0 Å². The van der Waals surface area contributed by atoms with E-state index < -0.39 is 0 Å². The number of hydrogen-bond donors (Lipinski definition) is 0. The van der Waals surface area contributed by atoms with Gasteiger partial charge >= 0.3 is 0 Å². The molecule has 0 bridgehead atoms. The Labute approximate surface area is 369 Å². The Morgan fingerprint density at radius 1 is 0.460 bits per heavy atom. The molecule has 0 fully saturated rings. The van der Waals surface area contributed by atoms with E-state index in [0.29, 0.717) is 5.92 Å². The zero-order chi connectivity index (χ0) is 42.1. The molecule has 9 aromatic carbocycles. The van der Waals surface area contributed by atoms with Crippen LogP contribution in [0.25, 0.3) is 73.0 Å². The molecule has 0 aliphatic heterocycles. The van der Waals surface area contributed by atoms with Crippen molar-refractivity contribution in [1.82, 2.24) is 4.57 Å². The number of rotatable bonds is 7. The molecular formula is C61H46N2. The van der Waals surface area contributed by atoms with Gasteiger partial charge in [0.2, 0.25) is 0 Å². The molecule has 63 heavy (non-hydrogen) atoms. The lowest BCUT2D eigenvalue weighted by Gasteiger charge is -2.30. The smallest absolute Gasteiger partial charge is 0.0541 e. The fourth-order valence-corrected chi connectivity index (χ4v) is 10.5. The second-order valence-corrected chi connectivity index (χ2v) is 17.7. The van der Waals surface area contributed by atoms with Crippen LogP contribution in [0.15, 0.2) is 212 Å². The quantitative estimate of drug-likeness (QED) is 0.156. The molecule has 0 saturated carbocycles. The van der Waals surface area contributed by atoms with Crippen LogP contribution in [0.3, 0.4) is 0 Å². The van der Waals surface area contributed by atoms with Crippen LogP contribution in [0, 0.1) is 0 Å². The third kappa shape index (κ3) is 6.16. The molecule has 2 nitrogen and oxygen atoms in total. The lowest BCUT2D eigenvalue weighted by molar-refractivity contribution is 0.660. The molecule has 2 heteroatoms. The van der Waals surface area contributed by atoms with Crippen LogP contribution in [0.2, 0.25) is 0 Å². The number of nitrogens with zero attached hydrogens (tertiary/aromatic N) is 2. The number of para-hydroxylation sites is 3. The third-order valence-corrected chi connectivity index (χ3v) is 13.7. The monoisotopic (exact) mass is 806 g/mol. The molecule has 2 aliphatic rings. The molecule has 0 radical (unpaired) electrons. The van der Waals surface area contributed by atoms with Crippen LogP contribution in [0.1, 0.15) is 42.9 Å². The van der Waals surface area contributed by atoms with E-state index in [1.54, 1.807) is 0 Å². The molecule has 2 aliphatic carbocycles. The second-order valence-electron chi connectivity index (χ2n) is 17.7. The summed E-state index contributed by atoms with van der Waals surface area (Å²) in [4.78, 5) is 2.48. The number of anilines is 3. The third-order valence-electron chi connectivity index (χ3n) is 13.7. The van der Waals surface area contributed by atoms with Crippen molar-refractivity contribution in [1.29, 1.82) is 0 Å². The molecule has 0 spiro atoms. The van der Waals surface area contributed by atoms with Gasteiger partial charge in [0.15, 0.2) is 0 Å². The minimum absolute atomic E-state index is 0.238. The van der Waals surface area contributed by atoms with Gasteiger partial charge in [-0.1, -0.05) is 178 Å². The van der Waals surface area contributed by atoms with Crippen molar-refractivity contribution in [2.24, 2.45) is 0 Å². The van der Waals surface area contributed by atoms with Gasteiger partial charge in [-0.05, 0) is 122 Å². The van der Waals surface area contributed by atoms with E-state index in [9.17, 15) is 0 Å². The van der Waals surface area contributed by atoms with Crippen molar-refractivity contribution in [3.05, 3.63) is 239 Å². The molecular weight excluding hydrogens is 761 g/mol. The Balaban J connectivity index is 0.986. The molecule has 1 atom stereocenters. The summed E-state index contributed by atoms with van der Waals surface area (Å²) in [7, 11) is 0. The minimum Gasteiger partial charge on any atom is -0.310 e. The summed E-state index contributed by atoms with van der Waals surface area (Å²) in [5, 5.41) is 5.20. The molecule has 0 N–H and O–H groups in total. The molecule has 12 rings (SSSR count). The predicted molar refractivity (Wildman–Crippen MR) is 266 cm³/mol. The van der Waals surface area contributed by atoms with Gasteiger partial charge in [0.1, 0.15) is 0 Å². The average Bonchev–Trinajstić information content (AvgIpc) is 3.80. The zero-order valence-corrected chi connectivity index (χ0v) is 35.5. The first-order valence-corrected chi connectivity index (χ1v) is 22.2. The van der Waals surface area contributed by atoms with Crippen molar-refractivity contribution in [2.45, 2.75) is 31.6 Å². The Morgan fingerprint density at radius 2 is 1.06 bits per heavy atom. The maximum atomic E-state index is 2.48. The lowest BCUT2D eigenvalue weighted by atomic mass is 9.82. The summed E-state index contributed by atoms with van der Waals surface area (Å²) in [6.07, 6.45) is 5.82. The number of hydrogen-bond acceptors (Lipinski definition) is 1. The van der Waals surface area contributed by atoms with E-state index in [1.807, 2.05) is 0 Å². The Kier molecular flexibility index (Phi) is 8.69. The fraction of sp³-hybridized carbons (Fsp3) is 0.0820. The van der Waals surface area contributed by atoms with E-state index in [4.69, 9.17) is 0 Å². The van der Waals surface area contributed by atoms with Crippen LogP contribution < -0.4 is 15.3 Å². The predicted octanol–water partition coefficient (Wildman–Crippen LogP) is 14.6.